The van der Waals surface area contributed by atoms with E-state index in [1.807, 2.05) is 6.07 Å². The summed E-state index contributed by atoms with van der Waals surface area (Å²) < 4.78 is 0. The van der Waals surface area contributed by atoms with Crippen LogP contribution in [0.3, 0.4) is 0 Å². The van der Waals surface area contributed by atoms with E-state index in [-0.39, 0.29) is 5.54 Å². The highest BCUT2D eigenvalue weighted by molar-refractivity contribution is 5.39. The highest BCUT2D eigenvalue weighted by Gasteiger charge is 2.33. The van der Waals surface area contributed by atoms with Crippen LogP contribution in [0.5, 0.6) is 0 Å². The largest absolute Gasteiger partial charge is 0.321 e. The van der Waals surface area contributed by atoms with Crippen molar-refractivity contribution in [3.63, 3.8) is 0 Å². The van der Waals surface area contributed by atoms with Crippen LogP contribution in [0.15, 0.2) is 24.3 Å². The van der Waals surface area contributed by atoms with E-state index >= 15 is 0 Å². The molecule has 0 amide bonds. The van der Waals surface area contributed by atoms with Gasteiger partial charge in [0.15, 0.2) is 0 Å². The van der Waals surface area contributed by atoms with Gasteiger partial charge in [0.05, 0.1) is 5.54 Å². The average Bonchev–Trinajstić information content (AvgIpc) is 2.46. The van der Waals surface area contributed by atoms with Crippen molar-refractivity contribution >= 4 is 0 Å². The number of hydrogen-bond donors (Lipinski definition) is 1. The lowest BCUT2D eigenvalue weighted by Crippen LogP contribution is -2.33. The summed E-state index contributed by atoms with van der Waals surface area (Å²) in [5, 5.41) is 0. The molecular formula is C12H13N. The molecular weight excluding hydrogens is 158 g/mol. The second kappa shape index (κ2) is 2.90. The van der Waals surface area contributed by atoms with Crippen LogP contribution in [-0.4, -0.2) is 0 Å². The first kappa shape index (κ1) is 8.34. The predicted molar refractivity (Wildman–Crippen MR) is 54.1 cm³/mol. The summed E-state index contributed by atoms with van der Waals surface area (Å²) in [6.07, 6.45) is 8.01. The Labute approximate surface area is 79.0 Å². The van der Waals surface area contributed by atoms with Gasteiger partial charge >= 0.3 is 0 Å². The van der Waals surface area contributed by atoms with Crippen LogP contribution in [0, 0.1) is 12.3 Å². The van der Waals surface area contributed by atoms with E-state index in [4.69, 9.17) is 12.2 Å². The van der Waals surface area contributed by atoms with Gasteiger partial charge in [0.1, 0.15) is 0 Å². The van der Waals surface area contributed by atoms with Crippen LogP contribution in [0.25, 0.3) is 0 Å². The Morgan fingerprint density at radius 2 is 2.23 bits per heavy atom. The van der Waals surface area contributed by atoms with Gasteiger partial charge in [-0.25, -0.2) is 0 Å². The fourth-order valence-corrected chi connectivity index (χ4v) is 2.08. The Kier molecular flexibility index (Phi) is 1.86. The third-order valence-electron chi connectivity index (χ3n) is 2.81. The molecule has 1 unspecified atom stereocenters. The fraction of sp³-hybridized carbons (Fsp3) is 0.333. The summed E-state index contributed by atoms with van der Waals surface area (Å²) in [5.74, 6) is 2.67. The third kappa shape index (κ3) is 1.24. The van der Waals surface area contributed by atoms with Crippen molar-refractivity contribution in [1.82, 2.24) is 0 Å². The molecule has 2 N–H and O–H groups in total. The monoisotopic (exact) mass is 171 g/mol. The predicted octanol–water partition coefficient (Wildman–Crippen LogP) is 1.81. The number of terminal acetylenes is 1. The summed E-state index contributed by atoms with van der Waals surface area (Å²) in [6.45, 7) is 0. The summed E-state index contributed by atoms with van der Waals surface area (Å²) in [7, 11) is 0. The van der Waals surface area contributed by atoms with Crippen LogP contribution in [0.4, 0.5) is 0 Å². The van der Waals surface area contributed by atoms with Gasteiger partial charge in [0, 0.05) is 6.42 Å². The van der Waals surface area contributed by atoms with E-state index in [9.17, 15) is 0 Å². The molecule has 1 aromatic rings. The first-order chi connectivity index (χ1) is 6.26. The van der Waals surface area contributed by atoms with Crippen molar-refractivity contribution in [2.75, 3.05) is 0 Å². The minimum Gasteiger partial charge on any atom is -0.321 e. The first-order valence-electron chi connectivity index (χ1n) is 4.57. The topological polar surface area (TPSA) is 26.0 Å². The molecule has 1 aliphatic carbocycles. The molecule has 0 spiro atoms. The Balaban J connectivity index is 2.44. The lowest BCUT2D eigenvalue weighted by molar-refractivity contribution is 0.454. The molecule has 0 fully saturated rings. The van der Waals surface area contributed by atoms with E-state index in [1.165, 1.54) is 11.1 Å². The van der Waals surface area contributed by atoms with Crippen molar-refractivity contribution < 1.29 is 0 Å². The standard InChI is InChI=1S/C12H13N/c1-2-8-12(13)9-7-10-5-3-4-6-11(10)12/h1,3-6H,7-9,13H2. The lowest BCUT2D eigenvalue weighted by atomic mass is 9.90. The van der Waals surface area contributed by atoms with E-state index in [1.54, 1.807) is 0 Å². The number of nitrogens with two attached hydrogens (primary N) is 1. The molecule has 0 heterocycles. The minimum atomic E-state index is -0.259. The Morgan fingerprint density at radius 3 is 3.00 bits per heavy atom. The summed E-state index contributed by atoms with van der Waals surface area (Å²) in [4.78, 5) is 0. The van der Waals surface area contributed by atoms with E-state index in [0.29, 0.717) is 6.42 Å². The molecule has 66 valence electrons. The van der Waals surface area contributed by atoms with Gasteiger partial charge in [0.25, 0.3) is 0 Å². The van der Waals surface area contributed by atoms with Gasteiger partial charge in [-0.15, -0.1) is 12.3 Å². The Morgan fingerprint density at radius 1 is 1.46 bits per heavy atom. The molecule has 0 aromatic heterocycles. The third-order valence-corrected chi connectivity index (χ3v) is 2.81. The van der Waals surface area contributed by atoms with Crippen molar-refractivity contribution in [3.8, 4) is 12.3 Å². The van der Waals surface area contributed by atoms with Crippen LogP contribution < -0.4 is 5.73 Å². The number of aryl methyl sites for hydroxylation is 1. The molecule has 1 nitrogen and oxygen atoms in total. The van der Waals surface area contributed by atoms with Crippen molar-refractivity contribution in [1.29, 1.82) is 0 Å². The maximum atomic E-state index is 6.24. The van der Waals surface area contributed by atoms with E-state index in [2.05, 4.69) is 24.1 Å². The minimum absolute atomic E-state index is 0.259. The molecule has 0 saturated heterocycles. The van der Waals surface area contributed by atoms with Crippen LogP contribution in [0.2, 0.25) is 0 Å². The van der Waals surface area contributed by atoms with Crippen molar-refractivity contribution in [3.05, 3.63) is 35.4 Å². The Bertz CT molecular complexity index is 362. The maximum Gasteiger partial charge on any atom is 0.0526 e. The van der Waals surface area contributed by atoms with Gasteiger partial charge < -0.3 is 5.73 Å². The van der Waals surface area contributed by atoms with Crippen LogP contribution >= 0.6 is 0 Å². The fourth-order valence-electron chi connectivity index (χ4n) is 2.08. The highest BCUT2D eigenvalue weighted by atomic mass is 14.8. The molecule has 13 heavy (non-hydrogen) atoms. The molecule has 1 atom stereocenters. The summed E-state index contributed by atoms with van der Waals surface area (Å²) in [5.41, 5.74) is 8.58. The summed E-state index contributed by atoms with van der Waals surface area (Å²) >= 11 is 0. The molecule has 0 radical (unpaired) electrons. The van der Waals surface area contributed by atoms with Gasteiger partial charge in [-0.3, -0.25) is 0 Å². The number of rotatable bonds is 1. The van der Waals surface area contributed by atoms with Crippen molar-refractivity contribution in [2.45, 2.75) is 24.8 Å². The maximum absolute atomic E-state index is 6.24. The van der Waals surface area contributed by atoms with Crippen LogP contribution in [-0.2, 0) is 12.0 Å². The van der Waals surface area contributed by atoms with Gasteiger partial charge in [-0.2, -0.15) is 0 Å². The average molecular weight is 171 g/mol. The molecule has 2 rings (SSSR count). The zero-order valence-electron chi connectivity index (χ0n) is 7.59. The molecule has 0 bridgehead atoms. The smallest absolute Gasteiger partial charge is 0.0526 e. The molecule has 1 aliphatic rings. The SMILES string of the molecule is C#CCC1(N)CCc2ccccc21. The number of fused-ring (bicyclic) bond motifs is 1. The van der Waals surface area contributed by atoms with Gasteiger partial charge in [0.2, 0.25) is 0 Å². The number of benzene rings is 1. The zero-order valence-corrected chi connectivity index (χ0v) is 7.59. The van der Waals surface area contributed by atoms with E-state index in [0.717, 1.165) is 12.8 Å². The lowest BCUT2D eigenvalue weighted by Gasteiger charge is -2.22. The first-order valence-corrected chi connectivity index (χ1v) is 4.57. The zero-order chi connectivity index (χ0) is 9.31. The second-order valence-corrected chi connectivity index (χ2v) is 3.69. The molecule has 1 heteroatoms. The summed E-state index contributed by atoms with van der Waals surface area (Å²) in [6, 6.07) is 8.32. The highest BCUT2D eigenvalue weighted by Crippen LogP contribution is 2.36. The second-order valence-electron chi connectivity index (χ2n) is 3.69. The normalized spacial score (nSPS) is 25.2. The number of hydrogen-bond acceptors (Lipinski definition) is 1. The van der Waals surface area contributed by atoms with E-state index < -0.39 is 0 Å². The Hall–Kier alpha value is -1.26. The quantitative estimate of drug-likeness (QED) is 0.641. The van der Waals surface area contributed by atoms with Gasteiger partial charge in [-0.05, 0) is 24.0 Å². The molecule has 1 aromatic carbocycles. The molecule has 0 aliphatic heterocycles. The molecule has 0 saturated carbocycles. The van der Waals surface area contributed by atoms with Crippen molar-refractivity contribution in [2.24, 2.45) is 5.73 Å². The van der Waals surface area contributed by atoms with Crippen LogP contribution in [0.1, 0.15) is 24.0 Å². The van der Waals surface area contributed by atoms with Gasteiger partial charge in [-0.1, -0.05) is 24.3 Å².